The Morgan fingerprint density at radius 1 is 1.31 bits per heavy atom. The molecule has 0 atom stereocenters. The summed E-state index contributed by atoms with van der Waals surface area (Å²) < 4.78 is 24.0. The van der Waals surface area contributed by atoms with Gasteiger partial charge in [0.2, 0.25) is 0 Å². The molecule has 1 rings (SSSR count). The van der Waals surface area contributed by atoms with E-state index in [9.17, 15) is 4.79 Å². The summed E-state index contributed by atoms with van der Waals surface area (Å²) >= 11 is 3.47. The molecule has 0 radical (unpaired) electrons. The fourth-order valence-electron chi connectivity index (χ4n) is 0.626. The van der Waals surface area contributed by atoms with Gasteiger partial charge < -0.3 is 12.3 Å². The van der Waals surface area contributed by atoms with Gasteiger partial charge in [0.25, 0.3) is 9.05 Å². The normalized spacial score (nSPS) is 9.38. The van der Waals surface area contributed by atoms with E-state index in [2.05, 4.69) is 11.2 Å². The van der Waals surface area contributed by atoms with E-state index in [-0.39, 0.29) is 36.5 Å². The SMILES string of the molecule is Nc1ccc(C(=O)O)cc1.O=S(O)(O)=S.[H-].[Na+]. The van der Waals surface area contributed by atoms with Crippen LogP contribution in [0.3, 0.4) is 0 Å². The van der Waals surface area contributed by atoms with E-state index in [0.717, 1.165) is 0 Å². The number of hydrogen-bond donors (Lipinski definition) is 4. The molecule has 0 aliphatic rings. The summed E-state index contributed by atoms with van der Waals surface area (Å²) in [4.78, 5) is 10.3. The maximum atomic E-state index is 10.3. The number of anilines is 1. The molecule has 6 nitrogen and oxygen atoms in total. The molecule has 1 aromatic carbocycles. The van der Waals surface area contributed by atoms with Crippen molar-refractivity contribution in [1.82, 2.24) is 0 Å². The zero-order valence-electron chi connectivity index (χ0n) is 9.36. The number of nitrogens with two attached hydrogens (primary N) is 1. The molecular weight excluding hydrogens is 265 g/mol. The minimum atomic E-state index is -3.83. The van der Waals surface area contributed by atoms with Crippen molar-refractivity contribution in [2.75, 3.05) is 5.73 Å². The monoisotopic (exact) mass is 275 g/mol. The molecule has 0 aliphatic carbocycles. The third kappa shape index (κ3) is 11.9. The Labute approximate surface area is 121 Å². The molecule has 9 heteroatoms. The van der Waals surface area contributed by atoms with Gasteiger partial charge in [0.15, 0.2) is 0 Å². The topological polar surface area (TPSA) is 121 Å². The second-order valence-electron chi connectivity index (χ2n) is 2.37. The molecule has 0 unspecified atom stereocenters. The van der Waals surface area contributed by atoms with E-state index in [1.165, 1.54) is 12.1 Å². The number of carboxylic acid groups (broad SMARTS) is 1. The van der Waals surface area contributed by atoms with Crippen LogP contribution >= 0.6 is 0 Å². The Hall–Kier alpha value is -0.220. The number of carboxylic acids is 1. The molecule has 0 aromatic heterocycles. The molecule has 0 bridgehead atoms. The zero-order chi connectivity index (χ0) is 12.1. The number of aromatic carboxylic acids is 1. The molecule has 1 aromatic rings. The first-order chi connectivity index (χ1) is 6.70. The first-order valence-corrected chi connectivity index (χ1v) is 5.88. The minimum Gasteiger partial charge on any atom is -1.00 e. The van der Waals surface area contributed by atoms with E-state index in [0.29, 0.717) is 5.69 Å². The Bertz CT molecular complexity index is 428. The first-order valence-electron chi connectivity index (χ1n) is 3.49. The van der Waals surface area contributed by atoms with Crippen molar-refractivity contribution in [3.05, 3.63) is 29.8 Å². The molecule has 0 heterocycles. The largest absolute Gasteiger partial charge is 1.00 e. The predicted molar refractivity (Wildman–Crippen MR) is 59.7 cm³/mol. The fraction of sp³-hybridized carbons (Fsp3) is 0. The zero-order valence-corrected chi connectivity index (χ0v) is 12.0. The van der Waals surface area contributed by atoms with E-state index in [1.54, 1.807) is 12.1 Å². The van der Waals surface area contributed by atoms with Gasteiger partial charge in [-0.05, 0) is 24.3 Å². The van der Waals surface area contributed by atoms with Gasteiger partial charge >= 0.3 is 35.5 Å². The molecule has 5 N–H and O–H groups in total. The van der Waals surface area contributed by atoms with Crippen LogP contribution in [0, 0.1) is 0 Å². The molecule has 0 amide bonds. The molecule has 0 spiro atoms. The quantitative estimate of drug-likeness (QED) is 0.338. The van der Waals surface area contributed by atoms with Crippen LogP contribution < -0.4 is 35.3 Å². The van der Waals surface area contributed by atoms with Crippen molar-refractivity contribution < 1.29 is 54.2 Å². The third-order valence-electron chi connectivity index (χ3n) is 1.16. The number of carbonyl (C=O) groups is 1. The maximum absolute atomic E-state index is 10.3. The standard InChI is InChI=1S/C7H7NO2.Na.H2O3S2.H/c8-6-3-1-5(2-4-6)7(9)10;;1-5(2,3)4;/h1-4H,8H2,(H,9,10);;(H2,1,2,3,4);/q;+1;;-1. The summed E-state index contributed by atoms with van der Waals surface area (Å²) in [7, 11) is -3.83. The van der Waals surface area contributed by atoms with Crippen LogP contribution in [0.15, 0.2) is 24.3 Å². The average Bonchev–Trinajstić information content (AvgIpc) is 2.01. The molecule has 0 fully saturated rings. The van der Waals surface area contributed by atoms with E-state index in [1.807, 2.05) is 0 Å². The molecule has 86 valence electrons. The van der Waals surface area contributed by atoms with Gasteiger partial charge in [0.05, 0.1) is 5.56 Å². The number of benzene rings is 1. The molecule has 16 heavy (non-hydrogen) atoms. The predicted octanol–water partition coefficient (Wildman–Crippen LogP) is -2.24. The van der Waals surface area contributed by atoms with Crippen molar-refractivity contribution in [1.29, 1.82) is 0 Å². The van der Waals surface area contributed by atoms with Crippen LogP contribution in [0.2, 0.25) is 0 Å². The molecule has 0 aliphatic heterocycles. The van der Waals surface area contributed by atoms with Crippen molar-refractivity contribution >= 4 is 31.9 Å². The van der Waals surface area contributed by atoms with E-state index < -0.39 is 15.0 Å². The summed E-state index contributed by atoms with van der Waals surface area (Å²) in [6.07, 6.45) is 0. The second kappa shape index (κ2) is 7.96. The van der Waals surface area contributed by atoms with Gasteiger partial charge in [0, 0.05) is 16.9 Å². The number of rotatable bonds is 1. The summed E-state index contributed by atoms with van der Waals surface area (Å²) in [5.74, 6) is -0.931. The summed E-state index contributed by atoms with van der Waals surface area (Å²) in [6, 6.07) is 6.06. The van der Waals surface area contributed by atoms with Crippen molar-refractivity contribution in [3.63, 3.8) is 0 Å². The van der Waals surface area contributed by atoms with Gasteiger partial charge in [0.1, 0.15) is 0 Å². The second-order valence-corrected chi connectivity index (χ2v) is 4.57. The van der Waals surface area contributed by atoms with Crippen LogP contribution in [0.1, 0.15) is 11.8 Å². The van der Waals surface area contributed by atoms with Crippen LogP contribution in [0.5, 0.6) is 0 Å². The fourth-order valence-corrected chi connectivity index (χ4v) is 0.626. The van der Waals surface area contributed by atoms with E-state index in [4.69, 9.17) is 24.2 Å². The summed E-state index contributed by atoms with van der Waals surface area (Å²) in [5.41, 5.74) is 6.17. The number of nitrogen functional groups attached to an aromatic ring is 1. The van der Waals surface area contributed by atoms with Crippen molar-refractivity contribution in [2.24, 2.45) is 0 Å². The van der Waals surface area contributed by atoms with Gasteiger partial charge in [-0.2, -0.15) is 4.21 Å². The average molecular weight is 275 g/mol. The number of hydrogen-bond acceptors (Lipinski definition) is 4. The van der Waals surface area contributed by atoms with Crippen LogP contribution in [-0.2, 0) is 20.2 Å². The molecule has 0 saturated heterocycles. The van der Waals surface area contributed by atoms with Gasteiger partial charge in [-0.15, -0.1) is 0 Å². The van der Waals surface area contributed by atoms with Gasteiger partial charge in [-0.1, -0.05) is 0 Å². The van der Waals surface area contributed by atoms with Crippen molar-refractivity contribution in [2.45, 2.75) is 0 Å². The Morgan fingerprint density at radius 2 is 1.62 bits per heavy atom. The van der Waals surface area contributed by atoms with Gasteiger partial charge in [-0.25, -0.2) is 4.79 Å². The summed E-state index contributed by atoms with van der Waals surface area (Å²) in [5, 5.41) is 8.43. The molecule has 0 saturated carbocycles. The van der Waals surface area contributed by atoms with Crippen molar-refractivity contribution in [3.8, 4) is 0 Å². The summed E-state index contributed by atoms with van der Waals surface area (Å²) in [6.45, 7) is 0. The van der Waals surface area contributed by atoms with Crippen LogP contribution in [0.25, 0.3) is 0 Å². The van der Waals surface area contributed by atoms with Gasteiger partial charge in [-0.3, -0.25) is 9.11 Å². The van der Waals surface area contributed by atoms with Crippen LogP contribution in [-0.4, -0.2) is 24.4 Å². The van der Waals surface area contributed by atoms with E-state index >= 15 is 0 Å². The maximum Gasteiger partial charge on any atom is 1.00 e. The van der Waals surface area contributed by atoms with Crippen LogP contribution in [0.4, 0.5) is 5.69 Å². The Morgan fingerprint density at radius 3 is 1.88 bits per heavy atom. The Balaban J connectivity index is -0.000000247. The Kier molecular flexibility index (Phi) is 9.03. The third-order valence-corrected chi connectivity index (χ3v) is 1.16. The molecular formula is C7H10NNaO5S2. The smallest absolute Gasteiger partial charge is 1.00 e. The minimum absolute atomic E-state index is 0. The first kappa shape index (κ1) is 18.2.